The summed E-state index contributed by atoms with van der Waals surface area (Å²) in [7, 11) is 0. The van der Waals surface area contributed by atoms with Crippen LogP contribution in [0.4, 0.5) is 0 Å². The van der Waals surface area contributed by atoms with E-state index in [-0.39, 0.29) is 11.8 Å². The molecule has 7 heteroatoms. The molecule has 1 aliphatic rings. The highest BCUT2D eigenvalue weighted by Crippen LogP contribution is 2.22. The van der Waals surface area contributed by atoms with Crippen LogP contribution in [-0.2, 0) is 22.7 Å². The summed E-state index contributed by atoms with van der Waals surface area (Å²) in [5.74, 6) is 0.501. The number of hydrogen-bond acceptors (Lipinski definition) is 4. The van der Waals surface area contributed by atoms with Gasteiger partial charge >= 0.3 is 0 Å². The van der Waals surface area contributed by atoms with Gasteiger partial charge in [-0.05, 0) is 29.9 Å². The Hall–Kier alpha value is -2.15. The van der Waals surface area contributed by atoms with E-state index in [2.05, 4.69) is 24.3 Å². The zero-order valence-corrected chi connectivity index (χ0v) is 15.5. The zero-order chi connectivity index (χ0) is 17.8. The van der Waals surface area contributed by atoms with Crippen molar-refractivity contribution in [3.05, 3.63) is 40.3 Å². The number of rotatable bonds is 6. The number of nitrogens with zero attached hydrogens (tertiary/aromatic N) is 3. The molecule has 0 aromatic carbocycles. The Kier molecular flexibility index (Phi) is 5.53. The average Bonchev–Trinajstić information content (AvgIpc) is 3.27. The smallest absolute Gasteiger partial charge is 0.247 e. The number of amides is 2. The van der Waals surface area contributed by atoms with E-state index in [9.17, 15) is 9.59 Å². The molecule has 0 radical (unpaired) electrons. The second-order valence-electron chi connectivity index (χ2n) is 6.79. The molecule has 3 rings (SSSR count). The maximum Gasteiger partial charge on any atom is 0.247 e. The third kappa shape index (κ3) is 4.28. The van der Waals surface area contributed by atoms with Crippen LogP contribution in [0.3, 0.4) is 0 Å². The molecule has 1 N–H and O–H groups in total. The lowest BCUT2D eigenvalue weighted by atomic mass is 10.1. The highest BCUT2D eigenvalue weighted by molar-refractivity contribution is 7.09. The van der Waals surface area contributed by atoms with Crippen LogP contribution < -0.4 is 5.32 Å². The molecule has 3 heterocycles. The maximum absolute atomic E-state index is 12.7. The first-order chi connectivity index (χ1) is 12.0. The molecule has 0 unspecified atom stereocenters. The summed E-state index contributed by atoms with van der Waals surface area (Å²) in [5.41, 5.74) is 0.903. The van der Waals surface area contributed by atoms with Gasteiger partial charge in [0.2, 0.25) is 11.8 Å². The third-order valence-electron chi connectivity index (χ3n) is 4.40. The van der Waals surface area contributed by atoms with Crippen LogP contribution in [0.25, 0.3) is 0 Å². The van der Waals surface area contributed by atoms with Gasteiger partial charge in [-0.15, -0.1) is 11.3 Å². The highest BCUT2D eigenvalue weighted by atomic mass is 32.1. The monoisotopic (exact) mass is 360 g/mol. The van der Waals surface area contributed by atoms with Crippen molar-refractivity contribution < 1.29 is 9.59 Å². The van der Waals surface area contributed by atoms with Gasteiger partial charge in [-0.3, -0.25) is 14.3 Å². The minimum Gasteiger partial charge on any atom is -0.349 e. The lowest BCUT2D eigenvalue weighted by Gasteiger charge is -2.33. The number of fused-ring (bicyclic) bond motifs is 1. The molecule has 0 bridgehead atoms. The van der Waals surface area contributed by atoms with Gasteiger partial charge in [0.15, 0.2) is 0 Å². The number of carbonyl (C=O) groups excluding carboxylic acids is 2. The van der Waals surface area contributed by atoms with Crippen molar-refractivity contribution in [2.24, 2.45) is 5.92 Å². The minimum absolute atomic E-state index is 0.0975. The van der Waals surface area contributed by atoms with Crippen LogP contribution >= 0.6 is 11.3 Å². The van der Waals surface area contributed by atoms with Gasteiger partial charge in [-0.1, -0.05) is 19.9 Å². The molecule has 0 saturated carbocycles. The quantitative estimate of drug-likeness (QED) is 0.861. The van der Waals surface area contributed by atoms with Crippen molar-refractivity contribution in [3.8, 4) is 0 Å². The molecule has 2 amide bonds. The van der Waals surface area contributed by atoms with Crippen molar-refractivity contribution in [3.63, 3.8) is 0 Å². The van der Waals surface area contributed by atoms with Gasteiger partial charge < -0.3 is 10.2 Å². The second kappa shape index (κ2) is 7.82. The molecule has 134 valence electrons. The Labute approximate surface area is 151 Å². The van der Waals surface area contributed by atoms with Crippen molar-refractivity contribution in [2.75, 3.05) is 6.54 Å². The van der Waals surface area contributed by atoms with Crippen LogP contribution in [-0.4, -0.2) is 33.0 Å². The normalized spacial score (nSPS) is 16.8. The van der Waals surface area contributed by atoms with Gasteiger partial charge in [-0.25, -0.2) is 0 Å². The van der Waals surface area contributed by atoms with E-state index in [4.69, 9.17) is 0 Å². The van der Waals surface area contributed by atoms with Gasteiger partial charge in [0.1, 0.15) is 6.04 Å². The van der Waals surface area contributed by atoms with E-state index in [1.165, 1.54) is 0 Å². The summed E-state index contributed by atoms with van der Waals surface area (Å²) in [6, 6.07) is 5.36. The first-order valence-corrected chi connectivity index (χ1v) is 9.53. The van der Waals surface area contributed by atoms with Crippen LogP contribution in [0.2, 0.25) is 0 Å². The zero-order valence-electron chi connectivity index (χ0n) is 14.6. The molecule has 2 aromatic heterocycles. The van der Waals surface area contributed by atoms with E-state index in [1.807, 2.05) is 23.6 Å². The number of hydrogen-bond donors (Lipinski definition) is 1. The predicted molar refractivity (Wildman–Crippen MR) is 96.9 cm³/mol. The Balaban J connectivity index is 1.67. The summed E-state index contributed by atoms with van der Waals surface area (Å²) in [6.07, 6.45) is 3.08. The van der Waals surface area contributed by atoms with Gasteiger partial charge in [-0.2, -0.15) is 5.10 Å². The van der Waals surface area contributed by atoms with Crippen LogP contribution in [0.15, 0.2) is 29.8 Å². The summed E-state index contributed by atoms with van der Waals surface area (Å²) >= 11 is 1.61. The first-order valence-electron chi connectivity index (χ1n) is 8.65. The van der Waals surface area contributed by atoms with Crippen molar-refractivity contribution in [1.82, 2.24) is 20.0 Å². The average molecular weight is 360 g/mol. The van der Waals surface area contributed by atoms with E-state index >= 15 is 0 Å². The number of carbonyl (C=O) groups is 2. The summed E-state index contributed by atoms with van der Waals surface area (Å²) < 4.78 is 1.75. The van der Waals surface area contributed by atoms with Gasteiger partial charge in [0.05, 0.1) is 25.3 Å². The predicted octanol–water partition coefficient (Wildman–Crippen LogP) is 2.58. The molecule has 0 aliphatic carbocycles. The SMILES string of the molecule is CC(C)CCC(=O)N1Cc2ccnn2[C@@H](C(=O)NCc2cccs2)C1. The molecule has 0 fully saturated rings. The Morgan fingerprint density at radius 3 is 2.96 bits per heavy atom. The van der Waals surface area contributed by atoms with Crippen LogP contribution in [0.5, 0.6) is 0 Å². The lowest BCUT2D eigenvalue weighted by molar-refractivity contribution is -0.135. The Bertz CT molecular complexity index is 723. The number of nitrogens with one attached hydrogen (secondary N) is 1. The fraction of sp³-hybridized carbons (Fsp3) is 0.500. The standard InChI is InChI=1S/C18H24N4O2S/c1-13(2)5-6-17(23)21-11-14-7-8-20-22(14)16(12-21)18(24)19-10-15-4-3-9-25-15/h3-4,7-9,13,16H,5-6,10-12H2,1-2H3,(H,19,24)/t16-/m1/s1. The van der Waals surface area contributed by atoms with Crippen LogP contribution in [0.1, 0.15) is 43.3 Å². The van der Waals surface area contributed by atoms with Gasteiger partial charge in [0, 0.05) is 17.5 Å². The fourth-order valence-electron chi connectivity index (χ4n) is 2.95. The highest BCUT2D eigenvalue weighted by Gasteiger charge is 2.32. The fourth-order valence-corrected chi connectivity index (χ4v) is 3.60. The summed E-state index contributed by atoms with van der Waals surface area (Å²) in [6.45, 7) is 5.62. The van der Waals surface area contributed by atoms with Crippen molar-refractivity contribution in [2.45, 2.75) is 45.8 Å². The number of thiophene rings is 1. The van der Waals surface area contributed by atoms with E-state index < -0.39 is 6.04 Å². The molecule has 0 saturated heterocycles. The van der Waals surface area contributed by atoms with E-state index in [0.717, 1.165) is 17.0 Å². The Morgan fingerprint density at radius 2 is 2.24 bits per heavy atom. The molecule has 2 aromatic rings. The lowest BCUT2D eigenvalue weighted by Crippen LogP contribution is -2.46. The molecule has 0 spiro atoms. The Morgan fingerprint density at radius 1 is 1.40 bits per heavy atom. The largest absolute Gasteiger partial charge is 0.349 e. The van der Waals surface area contributed by atoms with Crippen molar-refractivity contribution in [1.29, 1.82) is 0 Å². The van der Waals surface area contributed by atoms with Crippen molar-refractivity contribution >= 4 is 23.2 Å². The second-order valence-corrected chi connectivity index (χ2v) is 7.82. The first kappa shape index (κ1) is 17.7. The minimum atomic E-state index is -0.471. The summed E-state index contributed by atoms with van der Waals surface area (Å²) in [5, 5.41) is 9.25. The van der Waals surface area contributed by atoms with Crippen LogP contribution in [0, 0.1) is 5.92 Å². The topological polar surface area (TPSA) is 67.2 Å². The molecule has 1 aliphatic heterocycles. The summed E-state index contributed by atoms with van der Waals surface area (Å²) in [4.78, 5) is 28.1. The molecule has 1 atom stereocenters. The van der Waals surface area contributed by atoms with E-state index in [1.54, 1.807) is 27.1 Å². The molecule has 6 nitrogen and oxygen atoms in total. The third-order valence-corrected chi connectivity index (χ3v) is 5.28. The van der Waals surface area contributed by atoms with E-state index in [0.29, 0.717) is 32.0 Å². The maximum atomic E-state index is 12.7. The number of aromatic nitrogens is 2. The molecular formula is C18H24N4O2S. The van der Waals surface area contributed by atoms with Gasteiger partial charge in [0.25, 0.3) is 0 Å². The molecule has 25 heavy (non-hydrogen) atoms. The molecular weight excluding hydrogens is 336 g/mol.